The summed E-state index contributed by atoms with van der Waals surface area (Å²) in [6, 6.07) is 33.0. The van der Waals surface area contributed by atoms with E-state index in [4.69, 9.17) is 0 Å². The van der Waals surface area contributed by atoms with Crippen molar-refractivity contribution in [3.8, 4) is 0 Å². The van der Waals surface area contributed by atoms with E-state index < -0.39 is 0 Å². The number of hydrogen-bond donors (Lipinski definition) is 1. The second-order valence-corrected chi connectivity index (χ2v) is 9.37. The van der Waals surface area contributed by atoms with E-state index in [1.165, 1.54) is 11.1 Å². The number of nitrogens with zero attached hydrogens (tertiary/aromatic N) is 5. The topological polar surface area (TPSA) is 51.7 Å². The van der Waals surface area contributed by atoms with E-state index in [0.29, 0.717) is 0 Å². The first kappa shape index (κ1) is 28.2. The smallest absolute Gasteiger partial charge is 0.174 e. The van der Waals surface area contributed by atoms with Crippen LogP contribution in [0.5, 0.6) is 0 Å². The molecule has 0 spiro atoms. The van der Waals surface area contributed by atoms with Crippen LogP contribution in [0.1, 0.15) is 23.6 Å². The van der Waals surface area contributed by atoms with Crippen LogP contribution in [-0.4, -0.2) is 26.5 Å². The highest BCUT2D eigenvalue weighted by Crippen LogP contribution is 2.12. The van der Waals surface area contributed by atoms with E-state index in [1.807, 2.05) is 104 Å². The fourth-order valence-electron chi connectivity index (χ4n) is 4.08. The Morgan fingerprint density at radius 1 is 0.750 bits per heavy atom. The van der Waals surface area contributed by atoms with Gasteiger partial charge in [0.05, 0.1) is 30.0 Å². The van der Waals surface area contributed by atoms with Gasteiger partial charge in [-0.3, -0.25) is 10.0 Å². The molecule has 0 aliphatic rings. The van der Waals surface area contributed by atoms with Crippen LogP contribution in [0.4, 0.5) is 11.4 Å². The molecule has 4 rings (SSSR count). The van der Waals surface area contributed by atoms with Gasteiger partial charge in [0.2, 0.25) is 0 Å². The van der Waals surface area contributed by atoms with Gasteiger partial charge in [0.15, 0.2) is 18.9 Å². The van der Waals surface area contributed by atoms with E-state index in [-0.39, 0.29) is 0 Å². The molecule has 202 valence electrons. The third-order valence-corrected chi connectivity index (χ3v) is 6.50. The molecular formula is C34H38N6+2. The Morgan fingerprint density at radius 3 is 1.95 bits per heavy atom. The molecular weight excluding hydrogens is 492 g/mol. The molecule has 1 heterocycles. The first-order valence-electron chi connectivity index (χ1n) is 13.5. The van der Waals surface area contributed by atoms with Gasteiger partial charge < -0.3 is 5.32 Å². The van der Waals surface area contributed by atoms with Gasteiger partial charge in [-0.05, 0) is 42.8 Å². The lowest BCUT2D eigenvalue weighted by atomic mass is 10.1. The molecule has 6 heteroatoms. The first-order chi connectivity index (χ1) is 19.6. The lowest BCUT2D eigenvalue weighted by Crippen LogP contribution is -2.76. The van der Waals surface area contributed by atoms with Crippen molar-refractivity contribution in [3.05, 3.63) is 150 Å². The minimum absolute atomic E-state index is 0.813. The molecule has 0 amide bonds. The number of rotatable bonds is 12. The number of benzene rings is 3. The molecule has 0 fully saturated rings. The Morgan fingerprint density at radius 2 is 1.32 bits per heavy atom. The minimum atomic E-state index is 0.813. The van der Waals surface area contributed by atoms with Gasteiger partial charge in [0, 0.05) is 42.9 Å². The van der Waals surface area contributed by atoms with Crippen molar-refractivity contribution in [2.75, 3.05) is 24.1 Å². The molecule has 0 saturated carbocycles. The maximum Gasteiger partial charge on any atom is 0.174 e. The van der Waals surface area contributed by atoms with E-state index in [0.717, 1.165) is 35.6 Å². The van der Waals surface area contributed by atoms with Gasteiger partial charge in [0.25, 0.3) is 0 Å². The predicted molar refractivity (Wildman–Crippen MR) is 166 cm³/mol. The Hall–Kier alpha value is -4.81. The van der Waals surface area contributed by atoms with Gasteiger partial charge in [-0.15, -0.1) is 0 Å². The molecule has 0 bridgehead atoms. The third-order valence-electron chi connectivity index (χ3n) is 6.50. The monoisotopic (exact) mass is 530 g/mol. The molecule has 0 saturated heterocycles. The number of aromatic nitrogens is 1. The average molecular weight is 531 g/mol. The van der Waals surface area contributed by atoms with Crippen molar-refractivity contribution in [2.24, 2.45) is 10.2 Å². The van der Waals surface area contributed by atoms with Crippen molar-refractivity contribution in [1.29, 1.82) is 0 Å². The summed E-state index contributed by atoms with van der Waals surface area (Å²) in [5.74, 6) is 0. The second-order valence-electron chi connectivity index (χ2n) is 9.37. The van der Waals surface area contributed by atoms with Crippen LogP contribution in [-0.2, 0) is 13.1 Å². The quantitative estimate of drug-likeness (QED) is 0.119. The van der Waals surface area contributed by atoms with Crippen molar-refractivity contribution >= 4 is 23.8 Å². The lowest BCUT2D eigenvalue weighted by Gasteiger charge is -2.12. The lowest BCUT2D eigenvalue weighted by molar-refractivity contribution is -0.688. The molecule has 4 aromatic rings. The number of hydrogen-bond acceptors (Lipinski definition) is 4. The van der Waals surface area contributed by atoms with Gasteiger partial charge in [-0.1, -0.05) is 66.7 Å². The third kappa shape index (κ3) is 8.61. The van der Waals surface area contributed by atoms with Gasteiger partial charge in [-0.25, -0.2) is 4.57 Å². The molecule has 3 aromatic carbocycles. The number of para-hydroxylation sites is 2. The zero-order valence-electron chi connectivity index (χ0n) is 23.5. The van der Waals surface area contributed by atoms with Gasteiger partial charge in [-0.2, -0.15) is 10.2 Å². The molecule has 2 N–H and O–H groups in total. The summed E-state index contributed by atoms with van der Waals surface area (Å²) in [5.41, 5.74) is 6.84. The first-order valence-corrected chi connectivity index (χ1v) is 13.5. The zero-order chi connectivity index (χ0) is 28.0. The van der Waals surface area contributed by atoms with Crippen molar-refractivity contribution in [3.63, 3.8) is 0 Å². The summed E-state index contributed by atoms with van der Waals surface area (Å²) in [4.78, 5) is 0. The van der Waals surface area contributed by atoms with Crippen LogP contribution in [0.2, 0.25) is 0 Å². The normalized spacial score (nSPS) is 12.0. The van der Waals surface area contributed by atoms with Crippen LogP contribution in [0, 0.1) is 0 Å². The average Bonchev–Trinajstić information content (AvgIpc) is 3.01. The fraction of sp³-hybridized carbons (Fsp3) is 0.147. The Bertz CT molecular complexity index is 1440. The van der Waals surface area contributed by atoms with E-state index in [2.05, 4.69) is 87.2 Å². The minimum Gasteiger partial charge on any atom is -0.316 e. The van der Waals surface area contributed by atoms with Crippen LogP contribution >= 0.6 is 0 Å². The predicted octanol–water partition coefficient (Wildman–Crippen LogP) is 5.14. The van der Waals surface area contributed by atoms with Gasteiger partial charge >= 0.3 is 0 Å². The standard InChI is InChI=1S/C34H37N6/c1-4-29(25-36-38(2)33-15-7-5-8-16-33)19-22-35-27-31-13-11-12-14-32(31)28-40-23-20-30(21-24-40)26-37-39(3)34-17-9-6-10-18-34/h4-26,35H,27-28H2,1-3H3/q+1/p+1/b22-19-,29-4+,36-25+. The molecule has 0 aliphatic carbocycles. The van der Waals surface area contributed by atoms with E-state index in [1.54, 1.807) is 0 Å². The van der Waals surface area contributed by atoms with Crippen LogP contribution < -0.4 is 19.9 Å². The van der Waals surface area contributed by atoms with E-state index in [9.17, 15) is 0 Å². The number of pyridine rings is 1. The highest BCUT2D eigenvalue weighted by atomic mass is 15.4. The number of anilines is 2. The molecule has 40 heavy (non-hydrogen) atoms. The van der Waals surface area contributed by atoms with Crippen molar-refractivity contribution < 1.29 is 9.88 Å². The van der Waals surface area contributed by atoms with Crippen molar-refractivity contribution in [2.45, 2.75) is 20.0 Å². The van der Waals surface area contributed by atoms with E-state index >= 15 is 0 Å². The Kier molecular flexibility index (Phi) is 10.5. The number of allylic oxidation sites excluding steroid dienone is 3. The maximum atomic E-state index is 4.57. The molecule has 1 aromatic heterocycles. The van der Waals surface area contributed by atoms with Crippen LogP contribution in [0.15, 0.2) is 144 Å². The molecule has 0 atom stereocenters. The van der Waals surface area contributed by atoms with Crippen molar-refractivity contribution in [1.82, 2.24) is 0 Å². The molecule has 0 aliphatic heterocycles. The number of quaternary nitrogens is 1. The fourth-order valence-corrected chi connectivity index (χ4v) is 4.08. The van der Waals surface area contributed by atoms with Gasteiger partial charge in [0.1, 0.15) is 6.54 Å². The number of nitrogens with two attached hydrogens (primary N) is 1. The highest BCUT2D eigenvalue weighted by molar-refractivity contribution is 5.82. The Labute approximate surface area is 237 Å². The zero-order valence-corrected chi connectivity index (χ0v) is 23.5. The Balaban J connectivity index is 1.31. The molecule has 0 unspecified atom stereocenters. The van der Waals surface area contributed by atoms with Crippen LogP contribution in [0.3, 0.4) is 0 Å². The summed E-state index contributed by atoms with van der Waals surface area (Å²) < 4.78 is 2.20. The summed E-state index contributed by atoms with van der Waals surface area (Å²) >= 11 is 0. The molecule has 0 radical (unpaired) electrons. The summed E-state index contributed by atoms with van der Waals surface area (Å²) in [5, 5.41) is 15.1. The highest BCUT2D eigenvalue weighted by Gasteiger charge is 2.09. The SMILES string of the molecule is C/C=C(\C=C/[NH2+]Cc1ccccc1C[n+]1ccc(/C=N/N(C)c2ccccc2)cc1)/C=N/N(C)c1ccccc1. The summed E-state index contributed by atoms with van der Waals surface area (Å²) in [6.07, 6.45) is 14.2. The molecule has 6 nitrogen and oxygen atoms in total. The summed E-state index contributed by atoms with van der Waals surface area (Å²) in [6.45, 7) is 3.70. The van der Waals surface area contributed by atoms with Crippen LogP contribution in [0.25, 0.3) is 0 Å². The second kappa shape index (κ2) is 15.0. The maximum absolute atomic E-state index is 4.57. The number of hydrazone groups is 2. The summed E-state index contributed by atoms with van der Waals surface area (Å²) in [7, 11) is 3.91. The largest absolute Gasteiger partial charge is 0.316 e.